The second kappa shape index (κ2) is 6.89. The zero-order valence-corrected chi connectivity index (χ0v) is 12.5. The Morgan fingerprint density at radius 3 is 2.75 bits per heavy atom. The summed E-state index contributed by atoms with van der Waals surface area (Å²) in [5.74, 6) is 0.145. The monoisotopic (exact) mass is 274 g/mol. The highest BCUT2D eigenvalue weighted by molar-refractivity contribution is 5.76. The molecule has 1 fully saturated rings. The number of amides is 1. The molecule has 0 heterocycles. The fraction of sp³-hybridized carbons (Fsp3) is 0.588. The minimum atomic E-state index is 0.145. The number of nitrogens with two attached hydrogens (primary N) is 1. The molecule has 20 heavy (non-hydrogen) atoms. The van der Waals surface area contributed by atoms with E-state index in [-0.39, 0.29) is 11.3 Å². The van der Waals surface area contributed by atoms with Gasteiger partial charge in [0, 0.05) is 13.0 Å². The summed E-state index contributed by atoms with van der Waals surface area (Å²) in [4.78, 5) is 12.0. The van der Waals surface area contributed by atoms with Crippen molar-refractivity contribution in [3.63, 3.8) is 0 Å². The second-order valence-corrected chi connectivity index (χ2v) is 6.18. The van der Waals surface area contributed by atoms with Crippen molar-refractivity contribution in [2.75, 3.05) is 13.1 Å². The molecule has 110 valence electrons. The number of aryl methyl sites for hydroxylation is 2. The molecule has 0 unspecified atom stereocenters. The van der Waals surface area contributed by atoms with Gasteiger partial charge in [-0.1, -0.05) is 42.7 Å². The Hall–Kier alpha value is -1.35. The van der Waals surface area contributed by atoms with E-state index in [0.29, 0.717) is 13.0 Å². The summed E-state index contributed by atoms with van der Waals surface area (Å²) in [5.41, 5.74) is 8.53. The van der Waals surface area contributed by atoms with E-state index in [2.05, 4.69) is 30.4 Å². The third kappa shape index (κ3) is 4.07. The topological polar surface area (TPSA) is 55.1 Å². The van der Waals surface area contributed by atoms with Crippen LogP contribution in [0.1, 0.15) is 43.2 Å². The summed E-state index contributed by atoms with van der Waals surface area (Å²) in [6, 6.07) is 8.35. The summed E-state index contributed by atoms with van der Waals surface area (Å²) in [6.07, 6.45) is 6.17. The highest BCUT2D eigenvalue weighted by atomic mass is 16.1. The third-order valence-corrected chi connectivity index (χ3v) is 4.48. The summed E-state index contributed by atoms with van der Waals surface area (Å²) >= 11 is 0. The second-order valence-electron chi connectivity index (χ2n) is 6.18. The number of nitrogens with one attached hydrogen (secondary N) is 1. The van der Waals surface area contributed by atoms with Crippen molar-refractivity contribution in [2.45, 2.75) is 45.4 Å². The normalized spacial score (nSPS) is 17.1. The average molecular weight is 274 g/mol. The van der Waals surface area contributed by atoms with Gasteiger partial charge in [-0.3, -0.25) is 4.79 Å². The lowest BCUT2D eigenvalue weighted by Gasteiger charge is -2.27. The summed E-state index contributed by atoms with van der Waals surface area (Å²) < 4.78 is 0. The predicted octanol–water partition coefficient (Wildman–Crippen LogP) is 2.56. The van der Waals surface area contributed by atoms with Crippen molar-refractivity contribution in [3.05, 3.63) is 35.4 Å². The first-order valence-electron chi connectivity index (χ1n) is 7.66. The molecule has 1 aliphatic rings. The molecule has 1 saturated carbocycles. The van der Waals surface area contributed by atoms with Gasteiger partial charge in [0.1, 0.15) is 0 Å². The molecule has 1 aromatic rings. The summed E-state index contributed by atoms with van der Waals surface area (Å²) in [6.45, 7) is 3.51. The van der Waals surface area contributed by atoms with E-state index in [1.54, 1.807) is 0 Å². The van der Waals surface area contributed by atoms with Crippen LogP contribution in [0.3, 0.4) is 0 Å². The maximum Gasteiger partial charge on any atom is 0.220 e. The molecule has 0 aliphatic heterocycles. The van der Waals surface area contributed by atoms with Crippen LogP contribution in [0.2, 0.25) is 0 Å². The average Bonchev–Trinajstić information content (AvgIpc) is 2.92. The number of hydrogen-bond acceptors (Lipinski definition) is 2. The van der Waals surface area contributed by atoms with Crippen molar-refractivity contribution in [3.8, 4) is 0 Å². The largest absolute Gasteiger partial charge is 0.355 e. The van der Waals surface area contributed by atoms with E-state index < -0.39 is 0 Å². The van der Waals surface area contributed by atoms with Crippen molar-refractivity contribution in [2.24, 2.45) is 11.1 Å². The number of rotatable bonds is 6. The van der Waals surface area contributed by atoms with Gasteiger partial charge in [-0.05, 0) is 43.7 Å². The van der Waals surface area contributed by atoms with E-state index in [4.69, 9.17) is 5.73 Å². The van der Waals surface area contributed by atoms with E-state index >= 15 is 0 Å². The van der Waals surface area contributed by atoms with E-state index in [1.165, 1.54) is 24.0 Å². The summed E-state index contributed by atoms with van der Waals surface area (Å²) in [5, 5.41) is 3.08. The van der Waals surface area contributed by atoms with Gasteiger partial charge >= 0.3 is 0 Å². The van der Waals surface area contributed by atoms with E-state index in [0.717, 1.165) is 25.8 Å². The standard InChI is InChI=1S/C17H26N2O/c1-14-5-4-6-15(11-14)7-8-16(20)19-13-17(12-18)9-2-3-10-17/h4-6,11H,2-3,7-10,12-13,18H2,1H3,(H,19,20). The van der Waals surface area contributed by atoms with Crippen molar-refractivity contribution in [1.82, 2.24) is 5.32 Å². The first-order chi connectivity index (χ1) is 9.63. The molecule has 0 aromatic heterocycles. The Bertz CT molecular complexity index is 450. The maximum absolute atomic E-state index is 12.0. The fourth-order valence-electron chi connectivity index (χ4n) is 3.08. The van der Waals surface area contributed by atoms with Gasteiger partial charge in [0.15, 0.2) is 0 Å². The van der Waals surface area contributed by atoms with Gasteiger partial charge in [-0.25, -0.2) is 0 Å². The van der Waals surface area contributed by atoms with Crippen LogP contribution in [0.15, 0.2) is 24.3 Å². The Morgan fingerprint density at radius 2 is 2.10 bits per heavy atom. The number of carbonyl (C=O) groups is 1. The Balaban J connectivity index is 1.75. The maximum atomic E-state index is 12.0. The smallest absolute Gasteiger partial charge is 0.220 e. The molecule has 2 rings (SSSR count). The van der Waals surface area contributed by atoms with E-state index in [1.807, 2.05) is 6.07 Å². The minimum absolute atomic E-state index is 0.145. The van der Waals surface area contributed by atoms with E-state index in [9.17, 15) is 4.79 Å². The molecule has 0 saturated heterocycles. The van der Waals surface area contributed by atoms with Gasteiger partial charge in [-0.2, -0.15) is 0 Å². The lowest BCUT2D eigenvalue weighted by molar-refractivity contribution is -0.121. The first-order valence-corrected chi connectivity index (χ1v) is 7.66. The van der Waals surface area contributed by atoms with Gasteiger partial charge < -0.3 is 11.1 Å². The SMILES string of the molecule is Cc1cccc(CCC(=O)NCC2(CN)CCCC2)c1. The quantitative estimate of drug-likeness (QED) is 0.837. The van der Waals surface area contributed by atoms with Crippen LogP contribution in [0.25, 0.3) is 0 Å². The number of benzene rings is 1. The lowest BCUT2D eigenvalue weighted by atomic mass is 9.86. The predicted molar refractivity (Wildman–Crippen MR) is 82.5 cm³/mol. The van der Waals surface area contributed by atoms with Crippen molar-refractivity contribution >= 4 is 5.91 Å². The molecule has 3 heteroatoms. The van der Waals surface area contributed by atoms with Gasteiger partial charge in [0.05, 0.1) is 0 Å². The Kier molecular flexibility index (Phi) is 5.18. The van der Waals surface area contributed by atoms with Crippen LogP contribution >= 0.6 is 0 Å². The number of hydrogen-bond donors (Lipinski definition) is 2. The van der Waals surface area contributed by atoms with Gasteiger partial charge in [-0.15, -0.1) is 0 Å². The zero-order chi connectivity index (χ0) is 14.4. The van der Waals surface area contributed by atoms with Gasteiger partial charge in [0.25, 0.3) is 0 Å². The van der Waals surface area contributed by atoms with Crippen molar-refractivity contribution < 1.29 is 4.79 Å². The first kappa shape index (κ1) is 15.0. The highest BCUT2D eigenvalue weighted by Crippen LogP contribution is 2.36. The molecule has 0 radical (unpaired) electrons. The van der Waals surface area contributed by atoms with Crippen LogP contribution < -0.4 is 11.1 Å². The molecular formula is C17H26N2O. The highest BCUT2D eigenvalue weighted by Gasteiger charge is 2.32. The van der Waals surface area contributed by atoms with Crippen LogP contribution in [-0.2, 0) is 11.2 Å². The Morgan fingerprint density at radius 1 is 1.35 bits per heavy atom. The van der Waals surface area contributed by atoms with Gasteiger partial charge in [0.2, 0.25) is 5.91 Å². The minimum Gasteiger partial charge on any atom is -0.355 e. The van der Waals surface area contributed by atoms with Crippen LogP contribution in [0.4, 0.5) is 0 Å². The molecule has 3 N–H and O–H groups in total. The van der Waals surface area contributed by atoms with Crippen LogP contribution in [-0.4, -0.2) is 19.0 Å². The van der Waals surface area contributed by atoms with Crippen molar-refractivity contribution in [1.29, 1.82) is 0 Å². The lowest BCUT2D eigenvalue weighted by Crippen LogP contribution is -2.40. The van der Waals surface area contributed by atoms with Crippen LogP contribution in [0, 0.1) is 12.3 Å². The molecule has 0 spiro atoms. The molecule has 1 aromatic carbocycles. The Labute approximate surface area is 121 Å². The molecular weight excluding hydrogens is 248 g/mol. The number of carbonyl (C=O) groups excluding carboxylic acids is 1. The molecule has 1 aliphatic carbocycles. The van der Waals surface area contributed by atoms with Crippen LogP contribution in [0.5, 0.6) is 0 Å². The molecule has 1 amide bonds. The summed E-state index contributed by atoms with van der Waals surface area (Å²) in [7, 11) is 0. The zero-order valence-electron chi connectivity index (χ0n) is 12.5. The third-order valence-electron chi connectivity index (χ3n) is 4.48. The molecule has 0 bridgehead atoms. The molecule has 0 atom stereocenters. The fourth-order valence-corrected chi connectivity index (χ4v) is 3.08. The molecule has 3 nitrogen and oxygen atoms in total.